The van der Waals surface area contributed by atoms with Gasteiger partial charge in [0.05, 0.1) is 18.4 Å². The molecule has 1 saturated heterocycles. The summed E-state index contributed by atoms with van der Waals surface area (Å²) >= 11 is 6.10. The molecule has 26 heavy (non-hydrogen) atoms. The first-order chi connectivity index (χ1) is 12.5. The molecular weight excluding hydrogens is 352 g/mol. The highest BCUT2D eigenvalue weighted by atomic mass is 35.5. The van der Waals surface area contributed by atoms with E-state index in [4.69, 9.17) is 16.3 Å². The second kappa shape index (κ2) is 7.91. The third-order valence-electron chi connectivity index (χ3n) is 4.57. The third-order valence-corrected chi connectivity index (χ3v) is 4.98. The highest BCUT2D eigenvalue weighted by Gasteiger charge is 2.19. The lowest BCUT2D eigenvalue weighted by atomic mass is 10.0. The Balaban J connectivity index is 1.73. The number of nitrogens with zero attached hydrogens (tertiary/aromatic N) is 3. The van der Waals surface area contributed by atoms with E-state index < -0.39 is 0 Å². The zero-order chi connectivity index (χ0) is 18.7. The fraction of sp³-hybridized carbons (Fsp3) is 0.421. The minimum atomic E-state index is -0.288. The molecule has 0 radical (unpaired) electrons. The highest BCUT2D eigenvalue weighted by Crippen LogP contribution is 2.31. The summed E-state index contributed by atoms with van der Waals surface area (Å²) in [6.07, 6.45) is 5.50. The number of hydrogen-bond donors (Lipinski definition) is 1. The molecule has 2 heterocycles. The number of aromatic nitrogens is 2. The molecule has 1 aromatic heterocycles. The van der Waals surface area contributed by atoms with Crippen molar-refractivity contribution in [3.05, 3.63) is 40.7 Å². The molecule has 138 valence electrons. The Kier molecular flexibility index (Phi) is 5.61. The molecule has 0 aliphatic carbocycles. The van der Waals surface area contributed by atoms with Crippen molar-refractivity contribution >= 4 is 29.1 Å². The molecule has 1 aliphatic heterocycles. The quantitative estimate of drug-likeness (QED) is 0.878. The largest absolute Gasteiger partial charge is 0.495 e. The van der Waals surface area contributed by atoms with Crippen LogP contribution in [0.5, 0.6) is 5.75 Å². The van der Waals surface area contributed by atoms with Gasteiger partial charge in [0.15, 0.2) is 0 Å². The lowest BCUT2D eigenvalue weighted by Gasteiger charge is -2.30. The fourth-order valence-electron chi connectivity index (χ4n) is 3.10. The van der Waals surface area contributed by atoms with E-state index in [1.54, 1.807) is 24.5 Å². The van der Waals surface area contributed by atoms with E-state index in [9.17, 15) is 4.79 Å². The SMILES string of the molecule is COc1cc(Cl)c(C)cc1NC(=O)c1cnc(N2CCCC(C)C2)nc1. The molecule has 2 aromatic rings. The van der Waals surface area contributed by atoms with Gasteiger partial charge in [-0.3, -0.25) is 4.79 Å². The molecule has 1 aromatic carbocycles. The van der Waals surface area contributed by atoms with Gasteiger partial charge in [0.25, 0.3) is 5.91 Å². The van der Waals surface area contributed by atoms with Crippen molar-refractivity contribution in [1.82, 2.24) is 9.97 Å². The second-order valence-corrected chi connectivity index (χ2v) is 7.13. The Labute approximate surface area is 158 Å². The van der Waals surface area contributed by atoms with Crippen LogP contribution < -0.4 is 15.0 Å². The van der Waals surface area contributed by atoms with Crippen LogP contribution in [0.1, 0.15) is 35.7 Å². The zero-order valence-corrected chi connectivity index (χ0v) is 16.0. The van der Waals surface area contributed by atoms with Gasteiger partial charge < -0.3 is 15.0 Å². The van der Waals surface area contributed by atoms with Crippen LogP contribution in [0, 0.1) is 12.8 Å². The van der Waals surface area contributed by atoms with Crippen molar-refractivity contribution < 1.29 is 9.53 Å². The average molecular weight is 375 g/mol. The molecule has 1 aliphatic rings. The Bertz CT molecular complexity index is 795. The number of aryl methyl sites for hydroxylation is 1. The van der Waals surface area contributed by atoms with E-state index in [1.807, 2.05) is 6.92 Å². The number of ether oxygens (including phenoxy) is 1. The number of anilines is 2. The summed E-state index contributed by atoms with van der Waals surface area (Å²) in [6.45, 7) is 6.01. The maximum absolute atomic E-state index is 12.5. The van der Waals surface area contributed by atoms with Crippen LogP contribution in [0.3, 0.4) is 0 Å². The number of benzene rings is 1. The number of carbonyl (C=O) groups is 1. The van der Waals surface area contributed by atoms with Crippen molar-refractivity contribution in [3.8, 4) is 5.75 Å². The third kappa shape index (κ3) is 4.07. The van der Waals surface area contributed by atoms with Crippen LogP contribution in [-0.2, 0) is 0 Å². The summed E-state index contributed by atoms with van der Waals surface area (Å²) in [4.78, 5) is 23.4. The van der Waals surface area contributed by atoms with E-state index in [-0.39, 0.29) is 5.91 Å². The Morgan fingerprint density at radius 2 is 2.08 bits per heavy atom. The van der Waals surface area contributed by atoms with Crippen LogP contribution in [0.2, 0.25) is 5.02 Å². The minimum Gasteiger partial charge on any atom is -0.495 e. The van der Waals surface area contributed by atoms with Gasteiger partial charge in [0.2, 0.25) is 5.95 Å². The summed E-state index contributed by atoms with van der Waals surface area (Å²) < 4.78 is 5.29. The maximum Gasteiger partial charge on any atom is 0.258 e. The second-order valence-electron chi connectivity index (χ2n) is 6.72. The molecule has 3 rings (SSSR count). The summed E-state index contributed by atoms with van der Waals surface area (Å²) in [5.41, 5.74) is 1.82. The maximum atomic E-state index is 12.5. The Hall–Kier alpha value is -2.34. The normalized spacial score (nSPS) is 17.1. The van der Waals surface area contributed by atoms with Crippen LogP contribution in [0.15, 0.2) is 24.5 Å². The van der Waals surface area contributed by atoms with Gasteiger partial charge in [-0.05, 0) is 37.3 Å². The molecule has 6 nitrogen and oxygen atoms in total. The number of amides is 1. The van der Waals surface area contributed by atoms with Gasteiger partial charge in [0.1, 0.15) is 5.75 Å². The molecule has 1 unspecified atom stereocenters. The molecule has 1 atom stereocenters. The zero-order valence-electron chi connectivity index (χ0n) is 15.3. The van der Waals surface area contributed by atoms with Crippen molar-refractivity contribution in [2.75, 3.05) is 30.4 Å². The highest BCUT2D eigenvalue weighted by molar-refractivity contribution is 6.31. The van der Waals surface area contributed by atoms with E-state index in [0.717, 1.165) is 25.1 Å². The van der Waals surface area contributed by atoms with Gasteiger partial charge in [-0.25, -0.2) is 9.97 Å². The molecule has 1 amide bonds. The first-order valence-corrected chi connectivity index (χ1v) is 9.08. The van der Waals surface area contributed by atoms with Crippen molar-refractivity contribution in [1.29, 1.82) is 0 Å². The number of nitrogens with one attached hydrogen (secondary N) is 1. The topological polar surface area (TPSA) is 67.3 Å². The average Bonchev–Trinajstić information content (AvgIpc) is 2.64. The van der Waals surface area contributed by atoms with E-state index in [1.165, 1.54) is 13.5 Å². The Morgan fingerprint density at radius 3 is 2.73 bits per heavy atom. The number of carbonyl (C=O) groups excluding carboxylic acids is 1. The molecular formula is C19H23ClN4O2. The monoisotopic (exact) mass is 374 g/mol. The summed E-state index contributed by atoms with van der Waals surface area (Å²) in [7, 11) is 1.54. The van der Waals surface area contributed by atoms with Crippen molar-refractivity contribution in [3.63, 3.8) is 0 Å². The van der Waals surface area contributed by atoms with Crippen LogP contribution >= 0.6 is 11.6 Å². The summed E-state index contributed by atoms with van der Waals surface area (Å²) in [5.74, 6) is 1.53. The summed E-state index contributed by atoms with van der Waals surface area (Å²) in [5, 5.41) is 3.42. The standard InChI is InChI=1S/C19H23ClN4O2/c1-12-5-4-6-24(11-12)19-21-9-14(10-22-19)18(25)23-16-7-13(2)15(20)8-17(16)26-3/h7-10,12H,4-6,11H2,1-3H3,(H,23,25). The van der Waals surface area contributed by atoms with Gasteiger partial charge in [-0.2, -0.15) is 0 Å². The number of methoxy groups -OCH3 is 1. The number of halogens is 1. The van der Waals surface area contributed by atoms with Gasteiger partial charge in [-0.1, -0.05) is 18.5 Å². The molecule has 0 spiro atoms. The number of piperidine rings is 1. The van der Waals surface area contributed by atoms with Gasteiger partial charge in [-0.15, -0.1) is 0 Å². The van der Waals surface area contributed by atoms with E-state index in [0.29, 0.717) is 33.9 Å². The smallest absolute Gasteiger partial charge is 0.258 e. The van der Waals surface area contributed by atoms with Crippen LogP contribution in [0.4, 0.5) is 11.6 Å². The van der Waals surface area contributed by atoms with Crippen molar-refractivity contribution in [2.45, 2.75) is 26.7 Å². The predicted molar refractivity (Wildman–Crippen MR) is 103 cm³/mol. The molecule has 1 N–H and O–H groups in total. The van der Waals surface area contributed by atoms with E-state index >= 15 is 0 Å². The van der Waals surface area contributed by atoms with Crippen LogP contribution in [0.25, 0.3) is 0 Å². The molecule has 0 bridgehead atoms. The Morgan fingerprint density at radius 1 is 1.35 bits per heavy atom. The minimum absolute atomic E-state index is 0.288. The van der Waals surface area contributed by atoms with Crippen molar-refractivity contribution in [2.24, 2.45) is 5.92 Å². The fourth-order valence-corrected chi connectivity index (χ4v) is 3.25. The predicted octanol–water partition coefficient (Wildman–Crippen LogP) is 3.94. The number of rotatable bonds is 4. The molecule has 1 fully saturated rings. The molecule has 7 heteroatoms. The lowest BCUT2D eigenvalue weighted by Crippen LogP contribution is -2.35. The summed E-state index contributed by atoms with van der Waals surface area (Å²) in [6, 6.07) is 3.47. The first-order valence-electron chi connectivity index (χ1n) is 8.70. The van der Waals surface area contributed by atoms with Gasteiger partial charge in [0, 0.05) is 36.6 Å². The molecule has 0 saturated carbocycles. The lowest BCUT2D eigenvalue weighted by molar-refractivity contribution is 0.102. The number of hydrogen-bond acceptors (Lipinski definition) is 5. The van der Waals surface area contributed by atoms with Crippen LogP contribution in [-0.4, -0.2) is 36.1 Å². The van der Waals surface area contributed by atoms with Gasteiger partial charge >= 0.3 is 0 Å². The first kappa shape index (κ1) is 18.5. The van der Waals surface area contributed by atoms with E-state index in [2.05, 4.69) is 27.1 Å².